The van der Waals surface area contributed by atoms with E-state index in [1.807, 2.05) is 30.5 Å². The van der Waals surface area contributed by atoms with Crippen LogP contribution in [0.25, 0.3) is 21.5 Å². The van der Waals surface area contributed by atoms with E-state index in [0.717, 1.165) is 18.4 Å². The molecular formula is C23H18INO. The van der Waals surface area contributed by atoms with Gasteiger partial charge in [0, 0.05) is 23.4 Å². The lowest BCUT2D eigenvalue weighted by Gasteiger charge is -2.21. The van der Waals surface area contributed by atoms with Gasteiger partial charge in [-0.15, -0.1) is 0 Å². The number of hydrogen-bond donors (Lipinski definition) is 0. The van der Waals surface area contributed by atoms with E-state index in [4.69, 9.17) is 0 Å². The Kier molecular flexibility index (Phi) is 4.49. The maximum absolute atomic E-state index is 13.2. The second kappa shape index (κ2) is 6.80. The van der Waals surface area contributed by atoms with Crippen LogP contribution in [0.1, 0.15) is 28.4 Å². The molecule has 1 heterocycles. The monoisotopic (exact) mass is 451 g/mol. The molecule has 1 aliphatic rings. The lowest BCUT2D eigenvalue weighted by atomic mass is 9.84. The third kappa shape index (κ3) is 2.71. The number of ketones is 1. The summed E-state index contributed by atoms with van der Waals surface area (Å²) in [7, 11) is 0. The Balaban J connectivity index is 0.00000168. The molecule has 0 bridgehead atoms. The first-order chi connectivity index (χ1) is 12.3. The summed E-state index contributed by atoms with van der Waals surface area (Å²) in [5, 5.41) is 4.80. The molecule has 1 unspecified atom stereocenters. The number of carbonyl (C=O) groups is 1. The Morgan fingerprint density at radius 2 is 1.54 bits per heavy atom. The average Bonchev–Trinajstić information content (AvgIpc) is 2.68. The largest absolute Gasteiger partial charge is 1.00 e. The minimum absolute atomic E-state index is 0. The Bertz CT molecular complexity index is 1140. The van der Waals surface area contributed by atoms with Crippen LogP contribution in [-0.4, -0.2) is 5.78 Å². The zero-order valence-corrected chi connectivity index (χ0v) is 16.4. The standard InChI is InChI=1S/C23H18NO.HI/c25-23-21-10-9-17-6-3-4-8-19(17)20(21)11-12-22(23)24-14-13-16-5-1-2-7-18(16)15-24;/h1-10,13-15,22H,11-12H2;1H/q+1;/p-1. The van der Waals surface area contributed by atoms with E-state index in [9.17, 15) is 4.79 Å². The van der Waals surface area contributed by atoms with Crippen LogP contribution in [-0.2, 0) is 6.42 Å². The molecule has 0 fully saturated rings. The first-order valence-corrected chi connectivity index (χ1v) is 8.76. The number of carbonyl (C=O) groups excluding carboxylic acids is 1. The highest BCUT2D eigenvalue weighted by Gasteiger charge is 2.34. The first kappa shape index (κ1) is 17.2. The molecule has 3 aromatic carbocycles. The highest BCUT2D eigenvalue weighted by Crippen LogP contribution is 2.31. The second-order valence-electron chi connectivity index (χ2n) is 6.75. The lowest BCUT2D eigenvalue weighted by molar-refractivity contribution is -0.707. The van der Waals surface area contributed by atoms with Crippen LogP contribution in [0.15, 0.2) is 79.1 Å². The number of halogens is 1. The topological polar surface area (TPSA) is 20.9 Å². The van der Waals surface area contributed by atoms with Gasteiger partial charge in [-0.1, -0.05) is 54.6 Å². The fourth-order valence-corrected chi connectivity index (χ4v) is 4.06. The molecule has 4 aromatic rings. The SMILES string of the molecule is O=C1c2ccc3ccccc3c2CCC1[n+]1ccc2ccccc2c1.[I-]. The van der Waals surface area contributed by atoms with Gasteiger partial charge in [-0.2, -0.15) is 4.57 Å². The number of fused-ring (bicyclic) bond motifs is 4. The second-order valence-corrected chi connectivity index (χ2v) is 6.75. The molecule has 5 rings (SSSR count). The molecular weight excluding hydrogens is 433 g/mol. The van der Waals surface area contributed by atoms with E-state index in [2.05, 4.69) is 53.2 Å². The third-order valence-electron chi connectivity index (χ3n) is 5.35. The molecule has 1 aliphatic carbocycles. The minimum Gasteiger partial charge on any atom is -1.00 e. The molecule has 1 aromatic heterocycles. The van der Waals surface area contributed by atoms with E-state index in [0.29, 0.717) is 0 Å². The zero-order valence-electron chi connectivity index (χ0n) is 14.2. The number of aromatic nitrogens is 1. The van der Waals surface area contributed by atoms with Crippen LogP contribution in [0, 0.1) is 0 Å². The van der Waals surface area contributed by atoms with Gasteiger partial charge < -0.3 is 24.0 Å². The van der Waals surface area contributed by atoms with E-state index in [-0.39, 0.29) is 35.8 Å². The average molecular weight is 451 g/mol. The van der Waals surface area contributed by atoms with Crippen LogP contribution < -0.4 is 28.5 Å². The Hall–Kier alpha value is -2.27. The smallest absolute Gasteiger partial charge is 0.230 e. The fourth-order valence-electron chi connectivity index (χ4n) is 4.06. The van der Waals surface area contributed by atoms with Crippen molar-refractivity contribution in [2.75, 3.05) is 0 Å². The van der Waals surface area contributed by atoms with Crippen molar-refractivity contribution in [1.82, 2.24) is 0 Å². The summed E-state index contributed by atoms with van der Waals surface area (Å²) in [6.45, 7) is 0. The van der Waals surface area contributed by atoms with Crippen molar-refractivity contribution in [3.8, 4) is 0 Å². The number of Topliss-reactive ketones (excluding diaryl/α,β-unsaturated/α-hetero) is 1. The fraction of sp³-hybridized carbons (Fsp3) is 0.130. The van der Waals surface area contributed by atoms with E-state index < -0.39 is 0 Å². The molecule has 128 valence electrons. The number of aryl methyl sites for hydroxylation is 1. The molecule has 0 radical (unpaired) electrons. The number of nitrogens with zero attached hydrogens (tertiary/aromatic N) is 1. The predicted octanol–water partition coefficient (Wildman–Crippen LogP) is 1.65. The molecule has 0 saturated carbocycles. The van der Waals surface area contributed by atoms with Gasteiger partial charge in [0.05, 0.1) is 0 Å². The summed E-state index contributed by atoms with van der Waals surface area (Å²) in [6.07, 6.45) is 5.93. The van der Waals surface area contributed by atoms with Crippen LogP contribution in [0.3, 0.4) is 0 Å². The number of hydrogen-bond acceptors (Lipinski definition) is 1. The summed E-state index contributed by atoms with van der Waals surface area (Å²) in [5.74, 6) is 0.229. The number of rotatable bonds is 1. The molecule has 2 nitrogen and oxygen atoms in total. The molecule has 3 heteroatoms. The van der Waals surface area contributed by atoms with E-state index in [1.165, 1.54) is 27.1 Å². The summed E-state index contributed by atoms with van der Waals surface area (Å²) in [6, 6.07) is 22.7. The minimum atomic E-state index is -0.113. The van der Waals surface area contributed by atoms with Gasteiger partial charge in [-0.3, -0.25) is 4.79 Å². The van der Waals surface area contributed by atoms with Crippen molar-refractivity contribution < 1.29 is 33.3 Å². The molecule has 0 spiro atoms. The van der Waals surface area contributed by atoms with Crippen LogP contribution in [0.4, 0.5) is 0 Å². The van der Waals surface area contributed by atoms with E-state index >= 15 is 0 Å². The van der Waals surface area contributed by atoms with Gasteiger partial charge in [0.15, 0.2) is 12.4 Å². The first-order valence-electron chi connectivity index (χ1n) is 8.76. The van der Waals surface area contributed by atoms with Gasteiger partial charge in [-0.25, -0.2) is 0 Å². The van der Waals surface area contributed by atoms with Crippen molar-refractivity contribution in [1.29, 1.82) is 0 Å². The van der Waals surface area contributed by atoms with Crippen molar-refractivity contribution in [2.24, 2.45) is 0 Å². The lowest BCUT2D eigenvalue weighted by Crippen LogP contribution is -3.00. The van der Waals surface area contributed by atoms with Crippen molar-refractivity contribution >= 4 is 27.3 Å². The Labute approximate surface area is 169 Å². The van der Waals surface area contributed by atoms with Crippen molar-refractivity contribution in [3.63, 3.8) is 0 Å². The highest BCUT2D eigenvalue weighted by atomic mass is 127. The number of pyridine rings is 1. The van der Waals surface area contributed by atoms with Crippen LogP contribution in [0.5, 0.6) is 0 Å². The highest BCUT2D eigenvalue weighted by molar-refractivity contribution is 6.05. The number of benzene rings is 3. The molecule has 0 aliphatic heterocycles. The molecule has 1 atom stereocenters. The summed E-state index contributed by atoms with van der Waals surface area (Å²) in [4.78, 5) is 13.2. The van der Waals surface area contributed by atoms with Crippen molar-refractivity contribution in [3.05, 3.63) is 90.3 Å². The molecule has 0 N–H and O–H groups in total. The Morgan fingerprint density at radius 1 is 0.808 bits per heavy atom. The zero-order chi connectivity index (χ0) is 16.8. The van der Waals surface area contributed by atoms with Gasteiger partial charge in [0.25, 0.3) is 0 Å². The summed E-state index contributed by atoms with van der Waals surface area (Å²) >= 11 is 0. The quantitative estimate of drug-likeness (QED) is 0.319. The maximum atomic E-state index is 13.2. The maximum Gasteiger partial charge on any atom is 0.230 e. The predicted molar refractivity (Wildman–Crippen MR) is 99.8 cm³/mol. The van der Waals surface area contributed by atoms with Gasteiger partial charge in [0.2, 0.25) is 11.8 Å². The van der Waals surface area contributed by atoms with Gasteiger partial charge in [-0.05, 0) is 34.2 Å². The molecule has 0 saturated heterocycles. The van der Waals surface area contributed by atoms with Gasteiger partial charge in [0.1, 0.15) is 0 Å². The molecule has 0 amide bonds. The Morgan fingerprint density at radius 3 is 2.38 bits per heavy atom. The normalized spacial score (nSPS) is 16.3. The third-order valence-corrected chi connectivity index (χ3v) is 5.35. The van der Waals surface area contributed by atoms with Gasteiger partial charge >= 0.3 is 0 Å². The summed E-state index contributed by atoms with van der Waals surface area (Å²) in [5.41, 5.74) is 2.09. The van der Waals surface area contributed by atoms with Crippen LogP contribution >= 0.6 is 0 Å². The van der Waals surface area contributed by atoms with Crippen molar-refractivity contribution in [2.45, 2.75) is 18.9 Å². The van der Waals surface area contributed by atoms with Crippen LogP contribution in [0.2, 0.25) is 0 Å². The van der Waals surface area contributed by atoms with E-state index in [1.54, 1.807) is 0 Å². The molecule has 26 heavy (non-hydrogen) atoms. The summed E-state index contributed by atoms with van der Waals surface area (Å²) < 4.78 is 2.09.